The molecule has 7 heteroatoms. The zero-order valence-electron chi connectivity index (χ0n) is 8.19. The number of carbonyl (C=O) groups excluding carboxylic acids is 1. The summed E-state index contributed by atoms with van der Waals surface area (Å²) in [5, 5.41) is 14.2. The van der Waals surface area contributed by atoms with Crippen molar-refractivity contribution < 1.29 is 19.2 Å². The van der Waals surface area contributed by atoms with Crippen molar-refractivity contribution >= 4 is 17.9 Å². The van der Waals surface area contributed by atoms with Gasteiger partial charge in [-0.2, -0.15) is 4.98 Å². The minimum atomic E-state index is -0.920. The van der Waals surface area contributed by atoms with Crippen LogP contribution in [0.25, 0.3) is 0 Å². The van der Waals surface area contributed by atoms with Crippen LogP contribution in [0.4, 0.5) is 6.01 Å². The summed E-state index contributed by atoms with van der Waals surface area (Å²) in [6.07, 6.45) is 0.373. The summed E-state index contributed by atoms with van der Waals surface area (Å²) in [5.74, 6) is -0.827. The lowest BCUT2D eigenvalue weighted by Gasteiger charge is -1.97. The molecule has 0 aliphatic heterocycles. The monoisotopic (exact) mass is 213 g/mol. The predicted molar refractivity (Wildman–Crippen MR) is 49.2 cm³/mol. The molecule has 15 heavy (non-hydrogen) atoms. The Kier molecular flexibility index (Phi) is 3.78. The molecule has 0 saturated carbocycles. The lowest BCUT2D eigenvalue weighted by atomic mass is 10.2. The van der Waals surface area contributed by atoms with Crippen LogP contribution in [-0.4, -0.2) is 27.1 Å². The van der Waals surface area contributed by atoms with Crippen LogP contribution in [0.5, 0.6) is 0 Å². The molecule has 1 aromatic heterocycles. The molecule has 1 amide bonds. The summed E-state index contributed by atoms with van der Waals surface area (Å²) in [6.45, 7) is 1.63. The molecule has 0 fully saturated rings. The fraction of sp³-hybridized carbons (Fsp3) is 0.500. The first-order valence-corrected chi connectivity index (χ1v) is 4.40. The van der Waals surface area contributed by atoms with E-state index in [0.29, 0.717) is 5.82 Å². The second kappa shape index (κ2) is 5.08. The third-order valence-electron chi connectivity index (χ3n) is 1.57. The van der Waals surface area contributed by atoms with Crippen LogP contribution in [0.2, 0.25) is 0 Å². The number of aliphatic carboxylic acids is 1. The van der Waals surface area contributed by atoms with E-state index in [1.807, 2.05) is 0 Å². The number of amides is 1. The van der Waals surface area contributed by atoms with E-state index < -0.39 is 5.97 Å². The van der Waals surface area contributed by atoms with Crippen LogP contribution in [0.1, 0.15) is 25.1 Å². The zero-order valence-corrected chi connectivity index (χ0v) is 8.19. The maximum Gasteiger partial charge on any atom is 0.328 e. The number of anilines is 1. The Balaban J connectivity index is 2.27. The van der Waals surface area contributed by atoms with Crippen molar-refractivity contribution in [1.29, 1.82) is 0 Å². The second-order valence-electron chi connectivity index (χ2n) is 2.94. The molecule has 82 valence electrons. The average molecular weight is 213 g/mol. The number of carboxylic acid groups (broad SMARTS) is 1. The van der Waals surface area contributed by atoms with Gasteiger partial charge in [0.25, 0.3) is 0 Å². The lowest BCUT2D eigenvalue weighted by molar-refractivity contribution is -0.137. The van der Waals surface area contributed by atoms with E-state index in [0.717, 1.165) is 0 Å². The van der Waals surface area contributed by atoms with E-state index in [4.69, 9.17) is 5.11 Å². The summed E-state index contributed by atoms with van der Waals surface area (Å²) in [7, 11) is 0. The van der Waals surface area contributed by atoms with Crippen LogP contribution in [0.3, 0.4) is 0 Å². The normalized spacial score (nSPS) is 9.93. The number of hydrogen-bond donors (Lipinski definition) is 2. The minimum Gasteiger partial charge on any atom is -0.481 e. The first-order chi connectivity index (χ1) is 7.08. The highest BCUT2D eigenvalue weighted by Gasteiger charge is 2.08. The lowest BCUT2D eigenvalue weighted by Crippen LogP contribution is -2.12. The molecule has 0 radical (unpaired) electrons. The van der Waals surface area contributed by atoms with Crippen molar-refractivity contribution in [1.82, 2.24) is 10.1 Å². The van der Waals surface area contributed by atoms with Crippen molar-refractivity contribution in [3.63, 3.8) is 0 Å². The summed E-state index contributed by atoms with van der Waals surface area (Å²) in [5.41, 5.74) is 0. The fourth-order valence-corrected chi connectivity index (χ4v) is 0.930. The topological polar surface area (TPSA) is 105 Å². The number of nitrogens with zero attached hydrogens (tertiary/aromatic N) is 2. The van der Waals surface area contributed by atoms with E-state index in [2.05, 4.69) is 20.0 Å². The van der Waals surface area contributed by atoms with Crippen molar-refractivity contribution in [3.8, 4) is 0 Å². The Hall–Kier alpha value is -1.92. The van der Waals surface area contributed by atoms with E-state index in [-0.39, 0.29) is 31.2 Å². The smallest absolute Gasteiger partial charge is 0.328 e. The van der Waals surface area contributed by atoms with Gasteiger partial charge in [0.1, 0.15) is 0 Å². The summed E-state index contributed by atoms with van der Waals surface area (Å²) >= 11 is 0. The third-order valence-corrected chi connectivity index (χ3v) is 1.57. The van der Waals surface area contributed by atoms with Gasteiger partial charge in [-0.1, -0.05) is 5.16 Å². The highest BCUT2D eigenvalue weighted by molar-refractivity contribution is 5.88. The average Bonchev–Trinajstić information content (AvgIpc) is 2.50. The Morgan fingerprint density at radius 2 is 2.20 bits per heavy atom. The maximum absolute atomic E-state index is 11.2. The highest BCUT2D eigenvalue weighted by atomic mass is 16.5. The molecule has 0 bridgehead atoms. The van der Waals surface area contributed by atoms with Crippen molar-refractivity contribution in [2.45, 2.75) is 26.2 Å². The van der Waals surface area contributed by atoms with E-state index >= 15 is 0 Å². The molecular weight excluding hydrogens is 202 g/mol. The van der Waals surface area contributed by atoms with Crippen LogP contribution in [0.15, 0.2) is 4.52 Å². The first-order valence-electron chi connectivity index (χ1n) is 4.40. The molecule has 0 unspecified atom stereocenters. The molecule has 0 aromatic carbocycles. The quantitative estimate of drug-likeness (QED) is 0.740. The van der Waals surface area contributed by atoms with Gasteiger partial charge in [0.05, 0.1) is 0 Å². The highest BCUT2D eigenvalue weighted by Crippen LogP contribution is 2.04. The number of carboxylic acids is 1. The van der Waals surface area contributed by atoms with Crippen LogP contribution >= 0.6 is 0 Å². The molecule has 1 rings (SSSR count). The number of hydrogen-bond acceptors (Lipinski definition) is 5. The molecule has 1 aromatic rings. The molecule has 7 nitrogen and oxygen atoms in total. The van der Waals surface area contributed by atoms with Crippen molar-refractivity contribution in [2.75, 3.05) is 5.32 Å². The van der Waals surface area contributed by atoms with Gasteiger partial charge in [0, 0.05) is 12.8 Å². The molecular formula is C8H11N3O4. The fourth-order valence-electron chi connectivity index (χ4n) is 0.930. The van der Waals surface area contributed by atoms with Gasteiger partial charge in [0.15, 0.2) is 5.82 Å². The molecule has 1 heterocycles. The van der Waals surface area contributed by atoms with E-state index in [1.165, 1.54) is 0 Å². The molecule has 0 saturated heterocycles. The van der Waals surface area contributed by atoms with Crippen molar-refractivity contribution in [2.24, 2.45) is 0 Å². The van der Waals surface area contributed by atoms with E-state index in [9.17, 15) is 9.59 Å². The standard InChI is InChI=1S/C8H11N3O4/c1-5-9-8(15-11-5)10-6(12)3-2-4-7(13)14/h2-4H2,1H3,(H,13,14)(H,9,10,11,12). The molecule has 0 atom stereocenters. The number of carbonyl (C=O) groups is 2. The summed E-state index contributed by atoms with van der Waals surface area (Å²) in [4.78, 5) is 25.1. The molecule has 0 aliphatic carbocycles. The Morgan fingerprint density at radius 1 is 1.47 bits per heavy atom. The molecule has 0 aliphatic rings. The van der Waals surface area contributed by atoms with Gasteiger partial charge in [-0.3, -0.25) is 14.9 Å². The Morgan fingerprint density at radius 3 is 2.73 bits per heavy atom. The number of aryl methyl sites for hydroxylation is 1. The Labute approximate surface area is 85.5 Å². The largest absolute Gasteiger partial charge is 0.481 e. The SMILES string of the molecule is Cc1noc(NC(=O)CCCC(=O)O)n1. The number of nitrogens with one attached hydrogen (secondary N) is 1. The Bertz CT molecular complexity index is 361. The van der Waals surface area contributed by atoms with Gasteiger partial charge in [-0.05, 0) is 13.3 Å². The van der Waals surface area contributed by atoms with Gasteiger partial charge in [0.2, 0.25) is 5.91 Å². The second-order valence-corrected chi connectivity index (χ2v) is 2.94. The van der Waals surface area contributed by atoms with Crippen LogP contribution in [0, 0.1) is 6.92 Å². The molecule has 2 N–H and O–H groups in total. The third kappa shape index (κ3) is 4.21. The van der Waals surface area contributed by atoms with Crippen LogP contribution in [-0.2, 0) is 9.59 Å². The predicted octanol–water partition coefficient (Wildman–Crippen LogP) is 0.571. The van der Waals surface area contributed by atoms with Gasteiger partial charge < -0.3 is 9.63 Å². The minimum absolute atomic E-state index is 0.0315. The number of rotatable bonds is 5. The molecule has 0 spiro atoms. The zero-order chi connectivity index (χ0) is 11.3. The summed E-state index contributed by atoms with van der Waals surface area (Å²) in [6, 6.07) is 0.0350. The first kappa shape index (κ1) is 11.2. The van der Waals surface area contributed by atoms with Gasteiger partial charge in [-0.15, -0.1) is 0 Å². The van der Waals surface area contributed by atoms with Crippen molar-refractivity contribution in [3.05, 3.63) is 5.82 Å². The summed E-state index contributed by atoms with van der Waals surface area (Å²) < 4.78 is 4.65. The van der Waals surface area contributed by atoms with Gasteiger partial charge >= 0.3 is 12.0 Å². The number of aromatic nitrogens is 2. The van der Waals surface area contributed by atoms with E-state index in [1.54, 1.807) is 6.92 Å². The van der Waals surface area contributed by atoms with Gasteiger partial charge in [-0.25, -0.2) is 0 Å². The van der Waals surface area contributed by atoms with Crippen LogP contribution < -0.4 is 5.32 Å². The maximum atomic E-state index is 11.2.